The van der Waals surface area contributed by atoms with E-state index < -0.39 is 0 Å². The molecule has 0 aliphatic carbocycles. The lowest BCUT2D eigenvalue weighted by atomic mass is 10.0. The minimum atomic E-state index is -0.278. The van der Waals surface area contributed by atoms with Gasteiger partial charge in [-0.15, -0.1) is 0 Å². The zero-order valence-corrected chi connectivity index (χ0v) is 16.7. The standard InChI is InChI=1S/C20H36O6/c1-17(21)25-16-12-14-19(26-18(2)22)13-10-8-6-4-5-7-9-11-15-20(23)24-3/h19H,4-16H2,1-3H3. The van der Waals surface area contributed by atoms with Crippen molar-refractivity contribution < 1.29 is 28.6 Å². The van der Waals surface area contributed by atoms with Crippen molar-refractivity contribution in [2.24, 2.45) is 0 Å². The lowest BCUT2D eigenvalue weighted by Gasteiger charge is -2.16. The summed E-state index contributed by atoms with van der Waals surface area (Å²) in [5.41, 5.74) is 0. The third-order valence-corrected chi connectivity index (χ3v) is 4.19. The molecule has 0 bridgehead atoms. The number of hydrogen-bond acceptors (Lipinski definition) is 6. The Hall–Kier alpha value is -1.59. The molecule has 0 amide bonds. The van der Waals surface area contributed by atoms with Crippen molar-refractivity contribution in [1.82, 2.24) is 0 Å². The van der Waals surface area contributed by atoms with Gasteiger partial charge in [0, 0.05) is 20.3 Å². The van der Waals surface area contributed by atoms with E-state index in [4.69, 9.17) is 9.47 Å². The summed E-state index contributed by atoms with van der Waals surface area (Å²) in [7, 11) is 1.42. The highest BCUT2D eigenvalue weighted by molar-refractivity contribution is 5.69. The summed E-state index contributed by atoms with van der Waals surface area (Å²) >= 11 is 0. The Morgan fingerprint density at radius 3 is 1.81 bits per heavy atom. The molecule has 0 aromatic rings. The zero-order chi connectivity index (χ0) is 19.6. The van der Waals surface area contributed by atoms with Crippen molar-refractivity contribution in [2.75, 3.05) is 13.7 Å². The van der Waals surface area contributed by atoms with Crippen LogP contribution in [-0.2, 0) is 28.6 Å². The van der Waals surface area contributed by atoms with Gasteiger partial charge in [0.2, 0.25) is 0 Å². The van der Waals surface area contributed by atoms with Crippen molar-refractivity contribution in [3.05, 3.63) is 0 Å². The van der Waals surface area contributed by atoms with Crippen LogP contribution in [0.2, 0.25) is 0 Å². The van der Waals surface area contributed by atoms with Crippen LogP contribution in [0.3, 0.4) is 0 Å². The quantitative estimate of drug-likeness (QED) is 0.228. The molecule has 0 aliphatic rings. The van der Waals surface area contributed by atoms with E-state index in [0.717, 1.165) is 44.9 Å². The molecule has 0 rings (SSSR count). The van der Waals surface area contributed by atoms with Crippen LogP contribution in [0, 0.1) is 0 Å². The van der Waals surface area contributed by atoms with E-state index in [0.29, 0.717) is 19.4 Å². The Labute approximate surface area is 157 Å². The van der Waals surface area contributed by atoms with Gasteiger partial charge in [-0.2, -0.15) is 0 Å². The number of hydrogen-bond donors (Lipinski definition) is 0. The van der Waals surface area contributed by atoms with Crippen LogP contribution >= 0.6 is 0 Å². The fraction of sp³-hybridized carbons (Fsp3) is 0.850. The van der Waals surface area contributed by atoms with Gasteiger partial charge in [-0.05, 0) is 32.1 Å². The van der Waals surface area contributed by atoms with Gasteiger partial charge in [0.1, 0.15) is 6.10 Å². The third kappa shape index (κ3) is 17.2. The molecule has 0 saturated heterocycles. The summed E-state index contributed by atoms with van der Waals surface area (Å²) in [5, 5.41) is 0. The van der Waals surface area contributed by atoms with Gasteiger partial charge in [0.15, 0.2) is 0 Å². The average molecular weight is 373 g/mol. The van der Waals surface area contributed by atoms with E-state index in [1.54, 1.807) is 0 Å². The van der Waals surface area contributed by atoms with Crippen molar-refractivity contribution in [1.29, 1.82) is 0 Å². The van der Waals surface area contributed by atoms with Gasteiger partial charge < -0.3 is 14.2 Å². The average Bonchev–Trinajstić information content (AvgIpc) is 2.58. The smallest absolute Gasteiger partial charge is 0.305 e. The summed E-state index contributed by atoms with van der Waals surface area (Å²) in [4.78, 5) is 32.9. The number of esters is 3. The molecule has 0 aliphatic heterocycles. The Morgan fingerprint density at radius 2 is 1.27 bits per heavy atom. The van der Waals surface area contributed by atoms with Crippen LogP contribution in [0.15, 0.2) is 0 Å². The first-order chi connectivity index (χ1) is 12.5. The molecule has 6 heteroatoms. The van der Waals surface area contributed by atoms with E-state index >= 15 is 0 Å². The summed E-state index contributed by atoms with van der Waals surface area (Å²) in [6.07, 6.45) is 11.6. The minimum Gasteiger partial charge on any atom is -0.469 e. The lowest BCUT2D eigenvalue weighted by molar-refractivity contribution is -0.148. The zero-order valence-electron chi connectivity index (χ0n) is 16.7. The summed E-state index contributed by atoms with van der Waals surface area (Å²) in [6.45, 7) is 3.20. The van der Waals surface area contributed by atoms with Gasteiger partial charge >= 0.3 is 17.9 Å². The van der Waals surface area contributed by atoms with Crippen molar-refractivity contribution in [3.63, 3.8) is 0 Å². The molecule has 0 N–H and O–H groups in total. The molecule has 0 radical (unpaired) electrons. The number of carbonyl (C=O) groups is 3. The van der Waals surface area contributed by atoms with E-state index in [-0.39, 0.29) is 24.0 Å². The molecule has 1 unspecified atom stereocenters. The Balaban J connectivity index is 3.61. The fourth-order valence-electron chi connectivity index (χ4n) is 2.83. The molecule has 0 aromatic carbocycles. The molecule has 1 atom stereocenters. The number of rotatable bonds is 16. The maximum absolute atomic E-state index is 11.2. The minimum absolute atomic E-state index is 0.0821. The van der Waals surface area contributed by atoms with Crippen LogP contribution in [0.1, 0.15) is 90.9 Å². The third-order valence-electron chi connectivity index (χ3n) is 4.19. The number of ether oxygens (including phenoxy) is 3. The number of methoxy groups -OCH3 is 1. The second-order valence-electron chi connectivity index (χ2n) is 6.66. The Morgan fingerprint density at radius 1 is 0.731 bits per heavy atom. The number of unbranched alkanes of at least 4 members (excludes halogenated alkanes) is 7. The van der Waals surface area contributed by atoms with Crippen molar-refractivity contribution in [2.45, 2.75) is 97.0 Å². The first kappa shape index (κ1) is 24.4. The van der Waals surface area contributed by atoms with E-state index in [1.807, 2.05) is 0 Å². The maximum atomic E-state index is 11.2. The highest BCUT2D eigenvalue weighted by Crippen LogP contribution is 2.15. The van der Waals surface area contributed by atoms with Gasteiger partial charge in [-0.3, -0.25) is 14.4 Å². The fourth-order valence-corrected chi connectivity index (χ4v) is 2.83. The molecule has 6 nitrogen and oxygen atoms in total. The molecule has 0 heterocycles. The van der Waals surface area contributed by atoms with Gasteiger partial charge in [0.05, 0.1) is 13.7 Å². The normalized spacial score (nSPS) is 11.7. The second-order valence-corrected chi connectivity index (χ2v) is 6.66. The Bertz CT molecular complexity index is 394. The molecule has 0 saturated carbocycles. The van der Waals surface area contributed by atoms with E-state index in [9.17, 15) is 14.4 Å². The summed E-state index contributed by atoms with van der Waals surface area (Å²) in [6, 6.07) is 0. The predicted molar refractivity (Wildman–Crippen MR) is 99.6 cm³/mol. The SMILES string of the molecule is COC(=O)CCCCCCCCCCC(CCCOC(C)=O)OC(C)=O. The molecule has 0 fully saturated rings. The van der Waals surface area contributed by atoms with Crippen molar-refractivity contribution in [3.8, 4) is 0 Å². The molecule has 0 spiro atoms. The first-order valence-electron chi connectivity index (χ1n) is 9.83. The van der Waals surface area contributed by atoms with E-state index in [1.165, 1.54) is 40.2 Å². The molecule has 152 valence electrons. The molecule has 0 aromatic heterocycles. The largest absolute Gasteiger partial charge is 0.469 e. The number of carbonyl (C=O) groups excluding carboxylic acids is 3. The van der Waals surface area contributed by atoms with Gasteiger partial charge in [-0.1, -0.05) is 38.5 Å². The topological polar surface area (TPSA) is 78.9 Å². The molecular formula is C20H36O6. The van der Waals surface area contributed by atoms with Gasteiger partial charge in [0.25, 0.3) is 0 Å². The van der Waals surface area contributed by atoms with Crippen LogP contribution < -0.4 is 0 Å². The van der Waals surface area contributed by atoms with Crippen molar-refractivity contribution >= 4 is 17.9 Å². The molecular weight excluding hydrogens is 336 g/mol. The highest BCUT2D eigenvalue weighted by Gasteiger charge is 2.12. The Kier molecular flexibility index (Phi) is 15.8. The molecule has 26 heavy (non-hydrogen) atoms. The summed E-state index contributed by atoms with van der Waals surface area (Å²) < 4.78 is 14.9. The second kappa shape index (κ2) is 16.9. The monoisotopic (exact) mass is 372 g/mol. The van der Waals surface area contributed by atoms with Crippen LogP contribution in [-0.4, -0.2) is 37.7 Å². The maximum Gasteiger partial charge on any atom is 0.305 e. The van der Waals surface area contributed by atoms with Crippen LogP contribution in [0.25, 0.3) is 0 Å². The van der Waals surface area contributed by atoms with Crippen LogP contribution in [0.5, 0.6) is 0 Å². The van der Waals surface area contributed by atoms with E-state index in [2.05, 4.69) is 4.74 Å². The highest BCUT2D eigenvalue weighted by atomic mass is 16.5. The van der Waals surface area contributed by atoms with Gasteiger partial charge in [-0.25, -0.2) is 0 Å². The lowest BCUT2D eigenvalue weighted by Crippen LogP contribution is -2.17. The predicted octanol–water partition coefficient (Wildman–Crippen LogP) is 4.34. The van der Waals surface area contributed by atoms with Crippen LogP contribution in [0.4, 0.5) is 0 Å². The first-order valence-corrected chi connectivity index (χ1v) is 9.83. The summed E-state index contributed by atoms with van der Waals surface area (Å²) in [5.74, 6) is -0.658.